The molecule has 2 rings (SSSR count). The molecule has 1 aromatic rings. The van der Waals surface area contributed by atoms with Crippen LogP contribution in [0.25, 0.3) is 0 Å². The van der Waals surface area contributed by atoms with Crippen molar-refractivity contribution in [2.24, 2.45) is 5.41 Å². The smallest absolute Gasteiger partial charge is 0.0652 e. The molecule has 0 saturated heterocycles. The first-order chi connectivity index (χ1) is 8.59. The van der Waals surface area contributed by atoms with Crippen LogP contribution in [0.2, 0.25) is 0 Å². The van der Waals surface area contributed by atoms with Crippen molar-refractivity contribution in [1.82, 2.24) is 5.32 Å². The molecule has 1 N–H and O–H groups in total. The Labute approximate surface area is 111 Å². The number of hydrogen-bond donors (Lipinski definition) is 1. The number of ether oxygens (including phenoxy) is 1. The summed E-state index contributed by atoms with van der Waals surface area (Å²) in [5.74, 6) is 0. The van der Waals surface area contributed by atoms with Gasteiger partial charge in [-0.1, -0.05) is 45.0 Å². The number of rotatable bonds is 5. The zero-order valence-electron chi connectivity index (χ0n) is 12.0. The van der Waals surface area contributed by atoms with Crippen LogP contribution in [0.3, 0.4) is 0 Å². The molecule has 1 fully saturated rings. The maximum absolute atomic E-state index is 5.49. The zero-order chi connectivity index (χ0) is 13.2. The van der Waals surface area contributed by atoms with E-state index < -0.39 is 0 Å². The Hall–Kier alpha value is -0.860. The van der Waals surface area contributed by atoms with Gasteiger partial charge >= 0.3 is 0 Å². The lowest BCUT2D eigenvalue weighted by molar-refractivity contribution is -0.0979. The lowest BCUT2D eigenvalue weighted by Crippen LogP contribution is -2.60. The molecular formula is C16H25NO. The van der Waals surface area contributed by atoms with Gasteiger partial charge in [0.05, 0.1) is 6.10 Å². The van der Waals surface area contributed by atoms with E-state index in [9.17, 15) is 0 Å². The van der Waals surface area contributed by atoms with Crippen molar-refractivity contribution in [3.63, 3.8) is 0 Å². The lowest BCUT2D eigenvalue weighted by atomic mass is 9.64. The van der Waals surface area contributed by atoms with Crippen molar-refractivity contribution in [3.05, 3.63) is 35.4 Å². The molecule has 2 unspecified atom stereocenters. The third kappa shape index (κ3) is 2.45. The monoisotopic (exact) mass is 247 g/mol. The predicted molar refractivity (Wildman–Crippen MR) is 75.6 cm³/mol. The van der Waals surface area contributed by atoms with Gasteiger partial charge in [0.1, 0.15) is 0 Å². The van der Waals surface area contributed by atoms with E-state index in [1.165, 1.54) is 11.1 Å². The van der Waals surface area contributed by atoms with Crippen molar-refractivity contribution < 1.29 is 4.74 Å². The summed E-state index contributed by atoms with van der Waals surface area (Å²) in [6.07, 6.45) is 2.63. The van der Waals surface area contributed by atoms with Crippen LogP contribution >= 0.6 is 0 Å². The highest BCUT2D eigenvalue weighted by molar-refractivity contribution is 5.27. The van der Waals surface area contributed by atoms with Crippen LogP contribution in [0.15, 0.2) is 24.3 Å². The molecule has 0 aliphatic heterocycles. The fourth-order valence-electron chi connectivity index (χ4n) is 2.94. The van der Waals surface area contributed by atoms with Gasteiger partial charge in [-0.3, -0.25) is 0 Å². The van der Waals surface area contributed by atoms with Crippen molar-refractivity contribution in [2.75, 3.05) is 7.11 Å². The first-order valence-corrected chi connectivity index (χ1v) is 6.92. The molecule has 18 heavy (non-hydrogen) atoms. The van der Waals surface area contributed by atoms with Gasteiger partial charge in [-0.2, -0.15) is 0 Å². The van der Waals surface area contributed by atoms with Crippen LogP contribution in [-0.4, -0.2) is 19.3 Å². The molecule has 1 aliphatic rings. The summed E-state index contributed by atoms with van der Waals surface area (Å²) in [5.41, 5.74) is 3.12. The van der Waals surface area contributed by atoms with Gasteiger partial charge in [0.2, 0.25) is 0 Å². The number of benzene rings is 1. The zero-order valence-corrected chi connectivity index (χ0v) is 12.0. The second-order valence-electron chi connectivity index (χ2n) is 5.84. The SMILES string of the molecule is CCc1ccccc1CNC1CC(OC)C1(C)C. The Morgan fingerprint density at radius 3 is 2.50 bits per heavy atom. The molecule has 1 aromatic carbocycles. The second-order valence-corrected chi connectivity index (χ2v) is 5.84. The molecule has 1 saturated carbocycles. The minimum absolute atomic E-state index is 0.246. The molecule has 100 valence electrons. The van der Waals surface area contributed by atoms with E-state index in [-0.39, 0.29) is 5.41 Å². The number of nitrogens with one attached hydrogen (secondary N) is 1. The van der Waals surface area contributed by atoms with Crippen LogP contribution in [0.1, 0.15) is 38.3 Å². The molecule has 2 heteroatoms. The van der Waals surface area contributed by atoms with Crippen molar-refractivity contribution in [3.8, 4) is 0 Å². The summed E-state index contributed by atoms with van der Waals surface area (Å²) < 4.78 is 5.49. The highest BCUT2D eigenvalue weighted by Crippen LogP contribution is 2.42. The topological polar surface area (TPSA) is 21.3 Å². The first-order valence-electron chi connectivity index (χ1n) is 6.92. The predicted octanol–water partition coefficient (Wildman–Crippen LogP) is 3.15. The quantitative estimate of drug-likeness (QED) is 0.863. The standard InChI is InChI=1S/C16H25NO/c1-5-12-8-6-7-9-13(12)11-17-14-10-15(18-4)16(14,2)3/h6-9,14-15,17H,5,10-11H2,1-4H3. The van der Waals surface area contributed by atoms with E-state index in [4.69, 9.17) is 4.74 Å². The summed E-state index contributed by atoms with van der Waals surface area (Å²) in [5, 5.41) is 3.68. The third-order valence-electron chi connectivity index (χ3n) is 4.50. The van der Waals surface area contributed by atoms with Gasteiger partial charge in [0.25, 0.3) is 0 Å². The van der Waals surface area contributed by atoms with Crippen LogP contribution < -0.4 is 5.32 Å². The summed E-state index contributed by atoms with van der Waals surface area (Å²) in [4.78, 5) is 0. The molecule has 2 atom stereocenters. The fraction of sp³-hybridized carbons (Fsp3) is 0.625. The Bertz CT molecular complexity index is 400. The number of hydrogen-bond acceptors (Lipinski definition) is 2. The maximum Gasteiger partial charge on any atom is 0.0652 e. The molecule has 0 aromatic heterocycles. The molecule has 0 spiro atoms. The highest BCUT2D eigenvalue weighted by atomic mass is 16.5. The largest absolute Gasteiger partial charge is 0.381 e. The molecule has 0 heterocycles. The summed E-state index contributed by atoms with van der Waals surface area (Å²) in [7, 11) is 1.81. The first kappa shape index (κ1) is 13.6. The molecule has 0 bridgehead atoms. The van der Waals surface area contributed by atoms with Gasteiger partial charge < -0.3 is 10.1 Å². The Kier molecular flexibility index (Phi) is 4.08. The van der Waals surface area contributed by atoms with Crippen molar-refractivity contribution in [1.29, 1.82) is 0 Å². The Morgan fingerprint density at radius 2 is 1.94 bits per heavy atom. The van der Waals surface area contributed by atoms with E-state index in [1.807, 2.05) is 7.11 Å². The van der Waals surface area contributed by atoms with E-state index in [2.05, 4.69) is 50.4 Å². The molecule has 1 aliphatic carbocycles. The van der Waals surface area contributed by atoms with Crippen molar-refractivity contribution in [2.45, 2.75) is 52.3 Å². The van der Waals surface area contributed by atoms with Crippen LogP contribution in [-0.2, 0) is 17.7 Å². The number of methoxy groups -OCH3 is 1. The third-order valence-corrected chi connectivity index (χ3v) is 4.50. The minimum Gasteiger partial charge on any atom is -0.381 e. The van der Waals surface area contributed by atoms with Gasteiger partial charge in [-0.25, -0.2) is 0 Å². The summed E-state index contributed by atoms with van der Waals surface area (Å²) >= 11 is 0. The Balaban J connectivity index is 1.93. The average Bonchev–Trinajstić information content (AvgIpc) is 2.38. The van der Waals surface area contributed by atoms with Gasteiger partial charge in [0.15, 0.2) is 0 Å². The Morgan fingerprint density at radius 1 is 1.28 bits per heavy atom. The molecule has 0 radical (unpaired) electrons. The second kappa shape index (κ2) is 5.41. The average molecular weight is 247 g/mol. The minimum atomic E-state index is 0.246. The van der Waals surface area contributed by atoms with Gasteiger partial charge in [-0.05, 0) is 24.0 Å². The van der Waals surface area contributed by atoms with Crippen LogP contribution in [0, 0.1) is 5.41 Å². The maximum atomic E-state index is 5.49. The highest BCUT2D eigenvalue weighted by Gasteiger charge is 2.48. The molecule has 2 nitrogen and oxygen atoms in total. The summed E-state index contributed by atoms with van der Waals surface area (Å²) in [6, 6.07) is 9.26. The van der Waals surface area contributed by atoms with Crippen LogP contribution in [0.4, 0.5) is 0 Å². The van der Waals surface area contributed by atoms with E-state index in [0.717, 1.165) is 19.4 Å². The van der Waals surface area contributed by atoms with E-state index in [0.29, 0.717) is 12.1 Å². The fourth-order valence-corrected chi connectivity index (χ4v) is 2.94. The van der Waals surface area contributed by atoms with Crippen LogP contribution in [0.5, 0.6) is 0 Å². The van der Waals surface area contributed by atoms with E-state index in [1.54, 1.807) is 0 Å². The van der Waals surface area contributed by atoms with E-state index >= 15 is 0 Å². The van der Waals surface area contributed by atoms with Gasteiger partial charge in [0, 0.05) is 25.1 Å². The molecule has 0 amide bonds. The summed E-state index contributed by atoms with van der Waals surface area (Å²) in [6.45, 7) is 7.75. The number of aryl methyl sites for hydroxylation is 1. The normalized spacial score (nSPS) is 25.8. The molecular weight excluding hydrogens is 222 g/mol. The van der Waals surface area contributed by atoms with Crippen molar-refractivity contribution >= 4 is 0 Å². The van der Waals surface area contributed by atoms with Gasteiger partial charge in [-0.15, -0.1) is 0 Å². The lowest BCUT2D eigenvalue weighted by Gasteiger charge is -2.51.